The fourth-order valence-corrected chi connectivity index (χ4v) is 6.45. The first-order valence-electron chi connectivity index (χ1n) is 10.7. The molecule has 0 saturated heterocycles. The van der Waals surface area contributed by atoms with Gasteiger partial charge in [-0.05, 0) is 98.9 Å². The lowest BCUT2D eigenvalue weighted by Gasteiger charge is -2.60. The summed E-state index contributed by atoms with van der Waals surface area (Å²) in [4.78, 5) is 26.8. The molecule has 6 heteroatoms. The number of carbonyl (C=O) groups excluding carboxylic acids is 2. The van der Waals surface area contributed by atoms with Crippen LogP contribution in [0.4, 0.5) is 22.7 Å². The summed E-state index contributed by atoms with van der Waals surface area (Å²) in [5.41, 5.74) is 13.4. The van der Waals surface area contributed by atoms with Crippen molar-refractivity contribution in [2.45, 2.75) is 38.5 Å². The first-order chi connectivity index (χ1) is 14.4. The lowest BCUT2D eigenvalue weighted by molar-refractivity contribution is -0.161. The first kappa shape index (κ1) is 19.0. The van der Waals surface area contributed by atoms with Crippen LogP contribution in [0.3, 0.4) is 0 Å². The number of nitrogen functional groups attached to an aromatic ring is 2. The molecular formula is C24H28N4O2. The molecule has 0 heterocycles. The Balaban J connectivity index is 1.38. The molecule has 6 rings (SSSR count). The van der Waals surface area contributed by atoms with E-state index in [0.717, 1.165) is 43.5 Å². The Hall–Kier alpha value is -3.02. The molecule has 156 valence electrons. The van der Waals surface area contributed by atoms with E-state index in [1.807, 2.05) is 24.3 Å². The molecule has 6 nitrogen and oxygen atoms in total. The van der Waals surface area contributed by atoms with Crippen LogP contribution in [-0.2, 0) is 9.59 Å². The maximum absolute atomic E-state index is 13.4. The number of nitrogens with two attached hydrogens (primary N) is 2. The molecule has 2 aromatic rings. The van der Waals surface area contributed by atoms with Crippen molar-refractivity contribution >= 4 is 34.6 Å². The second kappa shape index (κ2) is 6.76. The van der Waals surface area contributed by atoms with Gasteiger partial charge in [0.1, 0.15) is 0 Å². The molecule has 4 aliphatic carbocycles. The maximum Gasteiger partial charge on any atom is 0.230 e. The van der Waals surface area contributed by atoms with Crippen LogP contribution in [-0.4, -0.2) is 11.8 Å². The van der Waals surface area contributed by atoms with Gasteiger partial charge in [0.05, 0.1) is 10.8 Å². The fraction of sp³-hybridized carbons (Fsp3) is 0.417. The Morgan fingerprint density at radius 3 is 1.43 bits per heavy atom. The lowest BCUT2D eigenvalue weighted by Crippen LogP contribution is -2.59. The Morgan fingerprint density at radius 1 is 0.700 bits per heavy atom. The number of carbonyl (C=O) groups is 2. The molecule has 0 spiro atoms. The third-order valence-electron chi connectivity index (χ3n) is 7.36. The van der Waals surface area contributed by atoms with E-state index in [-0.39, 0.29) is 11.8 Å². The molecule has 6 N–H and O–H groups in total. The molecule has 0 unspecified atom stereocenters. The fourth-order valence-electron chi connectivity index (χ4n) is 6.45. The van der Waals surface area contributed by atoms with Crippen LogP contribution >= 0.6 is 0 Å². The first-order valence-corrected chi connectivity index (χ1v) is 10.7. The van der Waals surface area contributed by atoms with Crippen LogP contribution in [0.15, 0.2) is 48.5 Å². The van der Waals surface area contributed by atoms with Gasteiger partial charge in [-0.15, -0.1) is 0 Å². The van der Waals surface area contributed by atoms with Crippen molar-refractivity contribution in [3.05, 3.63) is 48.5 Å². The van der Waals surface area contributed by atoms with Gasteiger partial charge in [0.25, 0.3) is 0 Å². The number of rotatable bonds is 4. The zero-order valence-corrected chi connectivity index (χ0v) is 17.0. The number of benzene rings is 2. The second-order valence-electron chi connectivity index (χ2n) is 9.67. The lowest BCUT2D eigenvalue weighted by atomic mass is 9.43. The summed E-state index contributed by atoms with van der Waals surface area (Å²) in [6.07, 6.45) is 5.26. The predicted octanol–water partition coefficient (Wildman–Crippen LogP) is 4.01. The third-order valence-corrected chi connectivity index (χ3v) is 7.36. The minimum absolute atomic E-state index is 0.0473. The van der Waals surface area contributed by atoms with Crippen LogP contribution in [0.5, 0.6) is 0 Å². The minimum atomic E-state index is -0.468. The maximum atomic E-state index is 13.4. The summed E-state index contributed by atoms with van der Waals surface area (Å²) in [6.45, 7) is 0. The van der Waals surface area contributed by atoms with E-state index in [2.05, 4.69) is 10.6 Å². The van der Waals surface area contributed by atoms with Gasteiger partial charge in [-0.25, -0.2) is 0 Å². The van der Waals surface area contributed by atoms with E-state index >= 15 is 0 Å². The van der Waals surface area contributed by atoms with Gasteiger partial charge in [0, 0.05) is 22.7 Å². The van der Waals surface area contributed by atoms with Crippen LogP contribution in [0.25, 0.3) is 0 Å². The SMILES string of the molecule is Nc1ccc(NC(=O)C23CC4CC(C2)CC(C(=O)Nc2ccc(N)cc2)(C4)C3)cc1. The highest BCUT2D eigenvalue weighted by Crippen LogP contribution is 2.65. The minimum Gasteiger partial charge on any atom is -0.399 e. The summed E-state index contributed by atoms with van der Waals surface area (Å²) < 4.78 is 0. The van der Waals surface area contributed by atoms with Gasteiger partial charge < -0.3 is 22.1 Å². The number of amides is 2. The van der Waals surface area contributed by atoms with Crippen molar-refractivity contribution in [1.82, 2.24) is 0 Å². The average molecular weight is 405 g/mol. The highest BCUT2D eigenvalue weighted by Gasteiger charge is 2.63. The number of anilines is 4. The molecule has 0 atom stereocenters. The smallest absolute Gasteiger partial charge is 0.230 e. The van der Waals surface area contributed by atoms with E-state index in [9.17, 15) is 9.59 Å². The zero-order chi connectivity index (χ0) is 20.9. The van der Waals surface area contributed by atoms with Crippen molar-refractivity contribution in [2.75, 3.05) is 22.1 Å². The molecule has 0 aliphatic heterocycles. The highest BCUT2D eigenvalue weighted by molar-refractivity contribution is 5.99. The van der Waals surface area contributed by atoms with Crippen molar-refractivity contribution in [3.8, 4) is 0 Å². The molecule has 2 amide bonds. The van der Waals surface area contributed by atoms with Gasteiger partial charge in [-0.2, -0.15) is 0 Å². The molecular weight excluding hydrogens is 376 g/mol. The van der Waals surface area contributed by atoms with Crippen molar-refractivity contribution < 1.29 is 9.59 Å². The van der Waals surface area contributed by atoms with Crippen LogP contribution in [0.2, 0.25) is 0 Å². The van der Waals surface area contributed by atoms with E-state index < -0.39 is 10.8 Å². The topological polar surface area (TPSA) is 110 Å². The molecule has 4 saturated carbocycles. The summed E-state index contributed by atoms with van der Waals surface area (Å²) in [7, 11) is 0. The van der Waals surface area contributed by atoms with Crippen LogP contribution in [0.1, 0.15) is 38.5 Å². The normalized spacial score (nSPS) is 31.3. The highest BCUT2D eigenvalue weighted by atomic mass is 16.2. The van der Waals surface area contributed by atoms with Gasteiger partial charge in [0.15, 0.2) is 0 Å². The van der Waals surface area contributed by atoms with Gasteiger partial charge in [0.2, 0.25) is 11.8 Å². The molecule has 0 radical (unpaired) electrons. The van der Waals surface area contributed by atoms with Gasteiger partial charge >= 0.3 is 0 Å². The standard InChI is InChI=1S/C24H28N4O2/c25-17-1-5-19(6-2-17)27-21(29)23-10-15-9-16(11-23)13-24(12-15,14-23)22(30)28-20-7-3-18(26)4-8-20/h1-8,15-16H,9-14,25-26H2,(H,27,29)(H,28,30). The summed E-state index contributed by atoms with van der Waals surface area (Å²) in [5.74, 6) is 0.957. The van der Waals surface area contributed by atoms with Crippen molar-refractivity contribution in [1.29, 1.82) is 0 Å². The van der Waals surface area contributed by atoms with Crippen molar-refractivity contribution in [2.24, 2.45) is 22.7 Å². The average Bonchev–Trinajstić information content (AvgIpc) is 2.70. The monoisotopic (exact) mass is 404 g/mol. The zero-order valence-electron chi connectivity index (χ0n) is 17.0. The number of nitrogens with one attached hydrogen (secondary N) is 2. The Bertz CT molecular complexity index is 892. The summed E-state index contributed by atoms with van der Waals surface area (Å²) >= 11 is 0. The quantitative estimate of drug-likeness (QED) is 0.577. The summed E-state index contributed by atoms with van der Waals surface area (Å²) in [6, 6.07) is 14.5. The largest absolute Gasteiger partial charge is 0.399 e. The molecule has 4 bridgehead atoms. The second-order valence-corrected chi connectivity index (χ2v) is 9.67. The third kappa shape index (κ3) is 3.20. The number of hydrogen-bond donors (Lipinski definition) is 4. The summed E-state index contributed by atoms with van der Waals surface area (Å²) in [5, 5.41) is 6.20. The molecule has 2 aromatic carbocycles. The predicted molar refractivity (Wildman–Crippen MR) is 119 cm³/mol. The Morgan fingerprint density at radius 2 is 1.07 bits per heavy atom. The molecule has 4 aliphatic rings. The molecule has 4 fully saturated rings. The van der Waals surface area contributed by atoms with E-state index in [1.54, 1.807) is 24.3 Å². The Labute approximate surface area is 176 Å². The van der Waals surface area contributed by atoms with E-state index in [4.69, 9.17) is 11.5 Å². The Kier molecular flexibility index (Phi) is 4.27. The van der Waals surface area contributed by atoms with Crippen molar-refractivity contribution in [3.63, 3.8) is 0 Å². The van der Waals surface area contributed by atoms with E-state index in [1.165, 1.54) is 0 Å². The van der Waals surface area contributed by atoms with Crippen LogP contribution < -0.4 is 22.1 Å². The van der Waals surface area contributed by atoms with Gasteiger partial charge in [-0.1, -0.05) is 0 Å². The van der Waals surface area contributed by atoms with E-state index in [0.29, 0.717) is 29.6 Å². The molecule has 30 heavy (non-hydrogen) atoms. The molecule has 0 aromatic heterocycles. The van der Waals surface area contributed by atoms with Crippen LogP contribution in [0, 0.1) is 22.7 Å². The number of hydrogen-bond acceptors (Lipinski definition) is 4. The van der Waals surface area contributed by atoms with Gasteiger partial charge in [-0.3, -0.25) is 9.59 Å².